The van der Waals surface area contributed by atoms with Crippen LogP contribution in [0.15, 0.2) is 42.5 Å². The third-order valence-corrected chi connectivity index (χ3v) is 2.85. The van der Waals surface area contributed by atoms with Crippen LogP contribution in [0.5, 0.6) is 0 Å². The maximum Gasteiger partial charge on any atom is 0.338 e. The van der Waals surface area contributed by atoms with Gasteiger partial charge in [0.1, 0.15) is 11.6 Å². The summed E-state index contributed by atoms with van der Waals surface area (Å²) in [5.74, 6) is -2.67. The Kier molecular flexibility index (Phi) is 5.06. The zero-order chi connectivity index (χ0) is 16.1. The van der Waals surface area contributed by atoms with Crippen LogP contribution in [0.2, 0.25) is 5.02 Å². The third kappa shape index (κ3) is 4.26. The molecule has 0 atom stereocenters. The van der Waals surface area contributed by atoms with E-state index in [2.05, 4.69) is 5.32 Å². The van der Waals surface area contributed by atoms with E-state index in [1.807, 2.05) is 0 Å². The van der Waals surface area contributed by atoms with Crippen LogP contribution < -0.4 is 5.32 Å². The van der Waals surface area contributed by atoms with Gasteiger partial charge in [0, 0.05) is 5.02 Å². The molecule has 0 saturated carbocycles. The Bertz CT molecular complexity index is 704. The highest BCUT2D eigenvalue weighted by Gasteiger charge is 2.12. The molecule has 7 heteroatoms. The molecule has 0 aliphatic carbocycles. The number of hydrogen-bond donors (Lipinski definition) is 1. The Labute approximate surface area is 129 Å². The fraction of sp³-hybridized carbons (Fsp3) is 0.0667. The first-order valence-electron chi connectivity index (χ1n) is 6.13. The van der Waals surface area contributed by atoms with Crippen molar-refractivity contribution in [2.45, 2.75) is 0 Å². The quantitative estimate of drug-likeness (QED) is 0.876. The van der Waals surface area contributed by atoms with Gasteiger partial charge in [0.25, 0.3) is 5.91 Å². The summed E-state index contributed by atoms with van der Waals surface area (Å²) in [6, 6.07) is 8.31. The van der Waals surface area contributed by atoms with E-state index in [0.717, 1.165) is 18.2 Å². The second kappa shape index (κ2) is 7.00. The largest absolute Gasteiger partial charge is 0.452 e. The molecule has 0 aliphatic heterocycles. The summed E-state index contributed by atoms with van der Waals surface area (Å²) < 4.78 is 30.9. The second-order valence-corrected chi connectivity index (χ2v) is 4.69. The molecule has 0 saturated heterocycles. The fourth-order valence-electron chi connectivity index (χ4n) is 1.58. The van der Waals surface area contributed by atoms with Crippen molar-refractivity contribution in [3.63, 3.8) is 0 Å². The van der Waals surface area contributed by atoms with Crippen LogP contribution >= 0.6 is 11.6 Å². The predicted octanol–water partition coefficient (Wildman–Crippen LogP) is 3.41. The standard InChI is InChI=1S/C15H10ClF2NO3/c16-10-3-6-12(18)13(7-10)19-14(20)8-22-15(21)9-1-4-11(17)5-2-9/h1-7H,8H2,(H,19,20). The van der Waals surface area contributed by atoms with Gasteiger partial charge < -0.3 is 10.1 Å². The van der Waals surface area contributed by atoms with Crippen molar-refractivity contribution in [1.82, 2.24) is 0 Å². The van der Waals surface area contributed by atoms with Crippen molar-refractivity contribution < 1.29 is 23.1 Å². The molecule has 0 aliphatic rings. The van der Waals surface area contributed by atoms with Gasteiger partial charge in [-0.15, -0.1) is 0 Å². The Balaban J connectivity index is 1.91. The van der Waals surface area contributed by atoms with E-state index >= 15 is 0 Å². The number of anilines is 1. The number of esters is 1. The lowest BCUT2D eigenvalue weighted by Crippen LogP contribution is -2.21. The first-order chi connectivity index (χ1) is 10.5. The molecule has 0 unspecified atom stereocenters. The molecule has 2 aromatic carbocycles. The van der Waals surface area contributed by atoms with Crippen LogP contribution in [0.25, 0.3) is 0 Å². The Morgan fingerprint density at radius 2 is 1.77 bits per heavy atom. The van der Waals surface area contributed by atoms with Crippen molar-refractivity contribution in [1.29, 1.82) is 0 Å². The molecule has 22 heavy (non-hydrogen) atoms. The summed E-state index contributed by atoms with van der Waals surface area (Å²) in [7, 11) is 0. The topological polar surface area (TPSA) is 55.4 Å². The van der Waals surface area contributed by atoms with Gasteiger partial charge in [0.15, 0.2) is 6.61 Å². The number of halogens is 3. The first kappa shape index (κ1) is 15.9. The van der Waals surface area contributed by atoms with Gasteiger partial charge in [-0.1, -0.05) is 11.6 Å². The number of ether oxygens (including phenoxy) is 1. The number of benzene rings is 2. The van der Waals surface area contributed by atoms with E-state index in [4.69, 9.17) is 16.3 Å². The molecule has 1 N–H and O–H groups in total. The molecule has 0 spiro atoms. The van der Waals surface area contributed by atoms with Gasteiger partial charge in [0.05, 0.1) is 11.3 Å². The maximum absolute atomic E-state index is 13.4. The van der Waals surface area contributed by atoms with Gasteiger partial charge >= 0.3 is 5.97 Å². The van der Waals surface area contributed by atoms with Crippen molar-refractivity contribution in [2.24, 2.45) is 0 Å². The Morgan fingerprint density at radius 1 is 1.09 bits per heavy atom. The van der Waals surface area contributed by atoms with Crippen LogP contribution in [0.4, 0.5) is 14.5 Å². The molecule has 1 amide bonds. The van der Waals surface area contributed by atoms with E-state index in [0.29, 0.717) is 0 Å². The predicted molar refractivity (Wildman–Crippen MR) is 76.7 cm³/mol. The molecule has 0 aromatic heterocycles. The summed E-state index contributed by atoms with van der Waals surface area (Å²) in [5, 5.41) is 2.48. The molecule has 2 rings (SSSR count). The Morgan fingerprint density at radius 3 is 2.45 bits per heavy atom. The highest BCUT2D eigenvalue weighted by Crippen LogP contribution is 2.19. The van der Waals surface area contributed by atoms with E-state index < -0.39 is 30.1 Å². The number of rotatable bonds is 4. The highest BCUT2D eigenvalue weighted by molar-refractivity contribution is 6.30. The van der Waals surface area contributed by atoms with Crippen LogP contribution in [0.3, 0.4) is 0 Å². The van der Waals surface area contributed by atoms with Crippen molar-refractivity contribution in [3.05, 3.63) is 64.7 Å². The minimum atomic E-state index is -0.790. The number of nitrogens with one attached hydrogen (secondary N) is 1. The molecule has 114 valence electrons. The number of hydrogen-bond acceptors (Lipinski definition) is 3. The minimum absolute atomic E-state index is 0.100. The third-order valence-electron chi connectivity index (χ3n) is 2.62. The fourth-order valence-corrected chi connectivity index (χ4v) is 1.75. The molecule has 0 bridgehead atoms. The van der Waals surface area contributed by atoms with Crippen molar-refractivity contribution >= 4 is 29.2 Å². The van der Waals surface area contributed by atoms with Crippen LogP contribution in [-0.4, -0.2) is 18.5 Å². The smallest absolute Gasteiger partial charge is 0.338 e. The second-order valence-electron chi connectivity index (χ2n) is 4.26. The van der Waals surface area contributed by atoms with Gasteiger partial charge in [-0.2, -0.15) is 0 Å². The van der Waals surface area contributed by atoms with Crippen LogP contribution in [-0.2, 0) is 9.53 Å². The average Bonchev–Trinajstić information content (AvgIpc) is 2.49. The number of amides is 1. The molecule has 2 aromatic rings. The van der Waals surface area contributed by atoms with Gasteiger partial charge in [0.2, 0.25) is 0 Å². The van der Waals surface area contributed by atoms with Crippen molar-refractivity contribution in [3.8, 4) is 0 Å². The molecular weight excluding hydrogens is 316 g/mol. The lowest BCUT2D eigenvalue weighted by molar-refractivity contribution is -0.119. The van der Waals surface area contributed by atoms with Crippen LogP contribution in [0.1, 0.15) is 10.4 Å². The lowest BCUT2D eigenvalue weighted by Gasteiger charge is -2.08. The van der Waals surface area contributed by atoms with Gasteiger partial charge in [-0.3, -0.25) is 4.79 Å². The normalized spacial score (nSPS) is 10.1. The SMILES string of the molecule is O=C(COC(=O)c1ccc(F)cc1)Nc1cc(Cl)ccc1F. The molecule has 0 fully saturated rings. The molecule has 0 radical (unpaired) electrons. The molecule has 4 nitrogen and oxygen atoms in total. The summed E-state index contributed by atoms with van der Waals surface area (Å²) in [5.41, 5.74) is -0.0153. The summed E-state index contributed by atoms with van der Waals surface area (Å²) in [6.07, 6.45) is 0. The maximum atomic E-state index is 13.4. The lowest BCUT2D eigenvalue weighted by atomic mass is 10.2. The number of carbonyl (C=O) groups excluding carboxylic acids is 2. The number of carbonyl (C=O) groups is 2. The zero-order valence-corrected chi connectivity index (χ0v) is 11.9. The highest BCUT2D eigenvalue weighted by atomic mass is 35.5. The zero-order valence-electron chi connectivity index (χ0n) is 11.1. The molecule has 0 heterocycles. The van der Waals surface area contributed by atoms with Gasteiger partial charge in [-0.05, 0) is 42.5 Å². The van der Waals surface area contributed by atoms with Crippen LogP contribution in [0, 0.1) is 11.6 Å². The summed E-state index contributed by atoms with van der Waals surface area (Å²) >= 11 is 5.69. The van der Waals surface area contributed by atoms with Crippen molar-refractivity contribution in [2.75, 3.05) is 11.9 Å². The van der Waals surface area contributed by atoms with E-state index in [9.17, 15) is 18.4 Å². The average molecular weight is 326 g/mol. The van der Waals surface area contributed by atoms with E-state index in [1.54, 1.807) is 0 Å². The van der Waals surface area contributed by atoms with E-state index in [1.165, 1.54) is 24.3 Å². The van der Waals surface area contributed by atoms with Gasteiger partial charge in [-0.25, -0.2) is 13.6 Å². The van der Waals surface area contributed by atoms with E-state index in [-0.39, 0.29) is 16.3 Å². The minimum Gasteiger partial charge on any atom is -0.452 e. The monoisotopic (exact) mass is 325 g/mol. The molecular formula is C15H10ClF2NO3. The Hall–Kier alpha value is -2.47. The first-order valence-corrected chi connectivity index (χ1v) is 6.51. The summed E-state index contributed by atoms with van der Waals surface area (Å²) in [4.78, 5) is 23.2. The summed E-state index contributed by atoms with van der Waals surface area (Å²) in [6.45, 7) is -0.609.